The molecule has 1 nitrogen and oxygen atoms in total. The molecule has 45 heavy (non-hydrogen) atoms. The van der Waals surface area contributed by atoms with E-state index in [2.05, 4.69) is 0 Å². The average molecular weight is 581 g/mol. The first kappa shape index (κ1) is 18.7. The first-order valence-electron chi connectivity index (χ1n) is 18.8. The molecule has 0 saturated carbocycles. The highest BCUT2D eigenvalue weighted by atomic mass is 16.3. The summed E-state index contributed by atoms with van der Waals surface area (Å²) in [7, 11) is 0. The van der Waals surface area contributed by atoms with Crippen molar-refractivity contribution < 1.29 is 15.4 Å². The normalized spacial score (nSPS) is 14.0. The Morgan fingerprint density at radius 1 is 0.356 bits per heavy atom. The number of rotatable bonds is 4. The van der Waals surface area contributed by atoms with Crippen molar-refractivity contribution in [3.8, 4) is 44.5 Å². The van der Waals surface area contributed by atoms with Gasteiger partial charge in [-0.25, -0.2) is 0 Å². The summed E-state index contributed by atoms with van der Waals surface area (Å²) in [5.41, 5.74) is 6.54. The topological polar surface area (TPSA) is 13.1 Å². The van der Waals surface area contributed by atoms with Crippen LogP contribution in [-0.4, -0.2) is 0 Å². The predicted molar refractivity (Wildman–Crippen MR) is 190 cm³/mol. The van der Waals surface area contributed by atoms with E-state index in [1.165, 1.54) is 0 Å². The monoisotopic (exact) mass is 580 g/mol. The van der Waals surface area contributed by atoms with Crippen molar-refractivity contribution in [3.63, 3.8) is 0 Å². The van der Waals surface area contributed by atoms with Crippen molar-refractivity contribution in [3.05, 3.63) is 170 Å². The molecule has 9 aromatic rings. The Bertz CT molecular complexity index is 2890. The minimum atomic E-state index is -0.441. The lowest BCUT2D eigenvalue weighted by molar-refractivity contribution is 0.669. The second-order valence-corrected chi connectivity index (χ2v) is 11.0. The second-order valence-electron chi connectivity index (χ2n) is 11.0. The molecule has 0 aliphatic rings. The van der Waals surface area contributed by atoms with Crippen LogP contribution in [0, 0.1) is 0 Å². The SMILES string of the molecule is [2H]c1c([2H])c([2H])c2c(-c3cccc4oc5ccccc5c34)c3c([2H])c([2H])c([2H])c([2H])c3c(-c3ccccc3-c3ccc(-c4ccccc4)cc3)c2c1[2H]. The number of para-hydroxylation sites is 1. The Labute approximate surface area is 272 Å². The van der Waals surface area contributed by atoms with Gasteiger partial charge in [0.05, 0.1) is 11.0 Å². The molecule has 0 aliphatic carbocycles. The van der Waals surface area contributed by atoms with E-state index >= 15 is 0 Å². The Morgan fingerprint density at radius 3 is 1.53 bits per heavy atom. The molecule has 0 unspecified atom stereocenters. The Hall–Kier alpha value is -5.92. The van der Waals surface area contributed by atoms with Gasteiger partial charge in [-0.2, -0.15) is 0 Å². The third-order valence-corrected chi connectivity index (χ3v) is 8.55. The summed E-state index contributed by atoms with van der Waals surface area (Å²) >= 11 is 0. The van der Waals surface area contributed by atoms with Gasteiger partial charge in [-0.1, -0.05) is 158 Å². The van der Waals surface area contributed by atoms with Gasteiger partial charge < -0.3 is 4.42 Å². The Morgan fingerprint density at radius 2 is 0.844 bits per heavy atom. The van der Waals surface area contributed by atoms with Crippen LogP contribution in [-0.2, 0) is 0 Å². The predicted octanol–water partition coefficient (Wildman–Crippen LogP) is 12.6. The third kappa shape index (κ3) is 4.09. The average Bonchev–Trinajstić information content (AvgIpc) is 3.59. The number of benzene rings is 8. The van der Waals surface area contributed by atoms with Gasteiger partial charge in [0, 0.05) is 10.8 Å². The lowest BCUT2D eigenvalue weighted by Gasteiger charge is -2.20. The molecular weight excluding hydrogens is 544 g/mol. The minimum Gasteiger partial charge on any atom is -0.456 e. The van der Waals surface area contributed by atoms with Crippen LogP contribution in [0.2, 0.25) is 0 Å². The van der Waals surface area contributed by atoms with Gasteiger partial charge in [-0.15, -0.1) is 0 Å². The molecule has 0 amide bonds. The molecule has 1 heterocycles. The molecule has 1 heteroatoms. The smallest absolute Gasteiger partial charge is 0.136 e. The van der Waals surface area contributed by atoms with Crippen LogP contribution in [0.5, 0.6) is 0 Å². The molecule has 9 rings (SSSR count). The van der Waals surface area contributed by atoms with E-state index < -0.39 is 24.2 Å². The maximum absolute atomic E-state index is 9.43. The van der Waals surface area contributed by atoms with Crippen LogP contribution in [0.15, 0.2) is 174 Å². The number of hydrogen-bond donors (Lipinski definition) is 0. The highest BCUT2D eigenvalue weighted by molar-refractivity contribution is 6.26. The fourth-order valence-electron chi connectivity index (χ4n) is 6.57. The maximum atomic E-state index is 9.43. The van der Waals surface area contributed by atoms with Crippen LogP contribution in [0.3, 0.4) is 0 Å². The van der Waals surface area contributed by atoms with E-state index in [9.17, 15) is 5.48 Å². The first-order chi connectivity index (χ1) is 25.7. The zero-order valence-electron chi connectivity index (χ0n) is 32.0. The van der Waals surface area contributed by atoms with Crippen LogP contribution < -0.4 is 0 Å². The summed E-state index contributed by atoms with van der Waals surface area (Å²) < 4.78 is 79.3. The van der Waals surface area contributed by atoms with Crippen molar-refractivity contribution >= 4 is 43.5 Å². The van der Waals surface area contributed by atoms with Crippen molar-refractivity contribution in [2.24, 2.45) is 0 Å². The molecule has 1 aromatic heterocycles. The Kier molecular flexibility index (Phi) is 4.30. The molecule has 0 saturated heterocycles. The molecule has 0 fully saturated rings. The minimum absolute atomic E-state index is 0.163. The summed E-state index contributed by atoms with van der Waals surface area (Å²) in [4.78, 5) is 0. The van der Waals surface area contributed by atoms with Gasteiger partial charge in [0.1, 0.15) is 11.2 Å². The summed E-state index contributed by atoms with van der Waals surface area (Å²) in [5.74, 6) is 0. The molecule has 0 radical (unpaired) electrons. The van der Waals surface area contributed by atoms with E-state index in [-0.39, 0.29) is 45.7 Å². The van der Waals surface area contributed by atoms with Crippen LogP contribution >= 0.6 is 0 Å². The molecule has 8 aromatic carbocycles. The van der Waals surface area contributed by atoms with E-state index in [1.807, 2.05) is 115 Å². The molecule has 0 bridgehead atoms. The van der Waals surface area contributed by atoms with E-state index in [0.717, 1.165) is 27.6 Å². The summed E-state index contributed by atoms with van der Waals surface area (Å²) in [6.45, 7) is 0. The quantitative estimate of drug-likeness (QED) is 0.189. The number of hydrogen-bond acceptors (Lipinski definition) is 1. The van der Waals surface area contributed by atoms with Gasteiger partial charge in [-0.05, 0) is 78.2 Å². The van der Waals surface area contributed by atoms with Crippen molar-refractivity contribution in [2.45, 2.75) is 0 Å². The standard InChI is InChI=1S/C44H28O/c1-2-13-29(14-3-1)30-25-27-31(28-26-30)32-15-4-5-16-33(32)42-34-17-6-8-19-36(34)43(37-20-9-7-18-35(37)42)39-22-12-24-41-44(39)38-21-10-11-23-40(38)45-41/h1-28H/i6D,7D,8D,9D,17D,18D,19D,20D. The fraction of sp³-hybridized carbons (Fsp3) is 0. The van der Waals surface area contributed by atoms with Crippen molar-refractivity contribution in [2.75, 3.05) is 0 Å². The summed E-state index contributed by atoms with van der Waals surface area (Å²) in [5, 5.41) is 2.11. The lowest BCUT2D eigenvalue weighted by Crippen LogP contribution is -1.93. The largest absolute Gasteiger partial charge is 0.456 e. The van der Waals surface area contributed by atoms with Crippen molar-refractivity contribution in [1.29, 1.82) is 0 Å². The van der Waals surface area contributed by atoms with Crippen LogP contribution in [0.25, 0.3) is 88.0 Å². The molecule has 210 valence electrons. The lowest BCUT2D eigenvalue weighted by atomic mass is 9.83. The van der Waals surface area contributed by atoms with Crippen LogP contribution in [0.1, 0.15) is 11.0 Å². The molecule has 0 N–H and O–H groups in total. The summed E-state index contributed by atoms with van der Waals surface area (Å²) in [6.07, 6.45) is 0. The van der Waals surface area contributed by atoms with E-state index in [4.69, 9.17) is 9.90 Å². The maximum Gasteiger partial charge on any atom is 0.136 e. The van der Waals surface area contributed by atoms with Gasteiger partial charge in [0.25, 0.3) is 0 Å². The fourth-order valence-corrected chi connectivity index (χ4v) is 6.57. The highest BCUT2D eigenvalue weighted by Crippen LogP contribution is 2.48. The van der Waals surface area contributed by atoms with Crippen molar-refractivity contribution in [1.82, 2.24) is 0 Å². The van der Waals surface area contributed by atoms with Gasteiger partial charge in [0.15, 0.2) is 0 Å². The first-order valence-corrected chi connectivity index (χ1v) is 14.8. The molecule has 0 spiro atoms. The van der Waals surface area contributed by atoms with Crippen LogP contribution in [0.4, 0.5) is 0 Å². The van der Waals surface area contributed by atoms with Gasteiger partial charge in [0.2, 0.25) is 0 Å². The zero-order chi connectivity index (χ0) is 36.7. The van der Waals surface area contributed by atoms with Gasteiger partial charge in [-0.3, -0.25) is 0 Å². The molecule has 0 atom stereocenters. The number of furan rings is 1. The Balaban J connectivity index is 1.49. The summed E-state index contributed by atoms with van der Waals surface area (Å²) in [6, 6.07) is 35.5. The second kappa shape index (κ2) is 10.4. The third-order valence-electron chi connectivity index (χ3n) is 8.55. The number of fused-ring (bicyclic) bond motifs is 5. The van der Waals surface area contributed by atoms with Gasteiger partial charge >= 0.3 is 0 Å². The zero-order valence-corrected chi connectivity index (χ0v) is 24.0. The van der Waals surface area contributed by atoms with E-state index in [0.29, 0.717) is 38.8 Å². The van der Waals surface area contributed by atoms with E-state index in [1.54, 1.807) is 6.07 Å². The highest BCUT2D eigenvalue weighted by Gasteiger charge is 2.21. The molecule has 0 aliphatic heterocycles. The molecular formula is C44H28O.